The minimum atomic E-state index is -2.03. The fourth-order valence-electron chi connectivity index (χ4n) is 4.98. The summed E-state index contributed by atoms with van der Waals surface area (Å²) in [6.45, 7) is 26.7. The summed E-state index contributed by atoms with van der Waals surface area (Å²) in [5.41, 5.74) is 0. The zero-order valence-corrected chi connectivity index (χ0v) is 25.7. The molecule has 2 aromatic carbocycles. The summed E-state index contributed by atoms with van der Waals surface area (Å²) in [6, 6.07) is 24.8. The zero-order chi connectivity index (χ0) is 25.0. The predicted octanol–water partition coefficient (Wildman–Crippen LogP) is 7.68. The van der Waals surface area contributed by atoms with Crippen LogP contribution in [0, 0.1) is 0 Å². The van der Waals surface area contributed by atoms with Crippen LogP contribution in [0.5, 0.6) is 0 Å². The molecular weight excluding hydrogens is 454 g/mol. The molecule has 0 aromatic heterocycles. The summed E-state index contributed by atoms with van der Waals surface area (Å²) in [7, 11) is -2.35. The van der Waals surface area contributed by atoms with Gasteiger partial charge < -0.3 is 0 Å². The molecule has 33 heavy (non-hydrogen) atoms. The molecule has 0 heterocycles. The van der Waals surface area contributed by atoms with E-state index in [9.17, 15) is 0 Å². The van der Waals surface area contributed by atoms with Crippen molar-refractivity contribution in [2.75, 3.05) is 0 Å². The third kappa shape index (κ3) is 6.25. The van der Waals surface area contributed by atoms with Crippen LogP contribution in [0.1, 0.15) is 55.4 Å². The van der Waals surface area contributed by atoms with Gasteiger partial charge >= 0.3 is 0 Å². The summed E-state index contributed by atoms with van der Waals surface area (Å²) < 4.78 is 7.35. The van der Waals surface area contributed by atoms with Gasteiger partial charge in [-0.05, 0) is 79.7 Å². The van der Waals surface area contributed by atoms with Crippen LogP contribution in [0.15, 0.2) is 60.7 Å². The highest BCUT2D eigenvalue weighted by atomic mass is 31.2. The third-order valence-electron chi connectivity index (χ3n) is 5.91. The Kier molecular flexibility index (Phi) is 10.1. The standard InChI is InChI=1S/C28H47N2P2Si/c1-22(2)29(23(3)4)31-28(33(9,10)11)32(26-18-14-12-15-19-26,27-20-16-13-17-21-27)30(24(5)6)25(7)8/h12-25H,1-11H3/q+1. The Balaban J connectivity index is 3.15. The van der Waals surface area contributed by atoms with Gasteiger partial charge in [-0.2, -0.15) is 4.67 Å². The summed E-state index contributed by atoms with van der Waals surface area (Å²) >= 11 is 0. The molecule has 0 aliphatic heterocycles. The first-order valence-electron chi connectivity index (χ1n) is 12.5. The van der Waals surface area contributed by atoms with E-state index in [4.69, 9.17) is 0 Å². The smallest absolute Gasteiger partial charge is 0.177 e. The maximum Gasteiger partial charge on any atom is 0.177 e. The number of hydrogen-bond donors (Lipinski definition) is 0. The maximum absolute atomic E-state index is 2.89. The van der Waals surface area contributed by atoms with Crippen molar-refractivity contribution >= 4 is 39.1 Å². The second-order valence-electron chi connectivity index (χ2n) is 11.1. The second kappa shape index (κ2) is 11.7. The highest BCUT2D eigenvalue weighted by Crippen LogP contribution is 2.66. The number of rotatable bonds is 10. The first-order valence-corrected chi connectivity index (χ1v) is 18.6. The normalized spacial score (nSPS) is 13.9. The van der Waals surface area contributed by atoms with Crippen LogP contribution < -0.4 is 10.6 Å². The molecule has 0 unspecified atom stereocenters. The van der Waals surface area contributed by atoms with Gasteiger partial charge in [-0.25, -0.2) is 4.67 Å². The van der Waals surface area contributed by atoms with E-state index in [1.165, 1.54) is 19.0 Å². The van der Waals surface area contributed by atoms with Gasteiger partial charge in [0.15, 0.2) is 7.41 Å². The first kappa shape index (κ1) is 28.4. The molecule has 2 rings (SSSR count). The zero-order valence-electron chi connectivity index (χ0n) is 22.9. The molecule has 0 aliphatic carbocycles. The maximum atomic E-state index is 2.89. The molecule has 2 nitrogen and oxygen atoms in total. The third-order valence-corrected chi connectivity index (χ3v) is 19.3. The predicted molar refractivity (Wildman–Crippen MR) is 159 cm³/mol. The molecule has 0 N–H and O–H groups in total. The largest absolute Gasteiger partial charge is 0.250 e. The van der Waals surface area contributed by atoms with Crippen LogP contribution in [0.4, 0.5) is 0 Å². The van der Waals surface area contributed by atoms with Gasteiger partial charge in [0.2, 0.25) is 0 Å². The molecule has 0 amide bonds. The average Bonchev–Trinajstić information content (AvgIpc) is 2.72. The van der Waals surface area contributed by atoms with E-state index in [2.05, 4.69) is 145 Å². The summed E-state index contributed by atoms with van der Waals surface area (Å²) in [6.07, 6.45) is 0. The Bertz CT molecular complexity index is 832. The minimum Gasteiger partial charge on any atom is -0.250 e. The molecule has 182 valence electrons. The average molecular weight is 502 g/mol. The second-order valence-corrected chi connectivity index (χ2v) is 21.6. The van der Waals surface area contributed by atoms with Crippen molar-refractivity contribution in [1.82, 2.24) is 9.34 Å². The van der Waals surface area contributed by atoms with Crippen LogP contribution in [0.25, 0.3) is 0 Å². The SMILES string of the molecule is CC(C)N(P=C([Si](C)(C)C)[P+](c1ccccc1)(c1ccccc1)N(C(C)C)C(C)C)C(C)C. The lowest BCUT2D eigenvalue weighted by Gasteiger charge is -2.45. The van der Waals surface area contributed by atoms with Gasteiger partial charge in [0.05, 0.1) is 0 Å². The lowest BCUT2D eigenvalue weighted by atomic mass is 10.3. The van der Waals surface area contributed by atoms with Crippen molar-refractivity contribution in [1.29, 1.82) is 0 Å². The van der Waals surface area contributed by atoms with Crippen molar-refractivity contribution in [2.45, 2.75) is 99.2 Å². The minimum absolute atomic E-state index is 0.437. The molecule has 0 saturated heterocycles. The molecule has 0 spiro atoms. The topological polar surface area (TPSA) is 6.48 Å². The molecule has 0 bridgehead atoms. The lowest BCUT2D eigenvalue weighted by molar-refractivity contribution is 0.324. The Labute approximate surface area is 208 Å². The van der Waals surface area contributed by atoms with E-state index in [-0.39, 0.29) is 0 Å². The molecule has 0 radical (unpaired) electrons. The summed E-state index contributed by atoms with van der Waals surface area (Å²) in [5.74, 6) is 0. The number of nitrogens with zero attached hydrogens (tertiary/aromatic N) is 2. The van der Waals surface area contributed by atoms with Gasteiger partial charge in [0, 0.05) is 32.5 Å². The Morgan fingerprint density at radius 3 is 1.27 bits per heavy atom. The first-order chi connectivity index (χ1) is 15.3. The Hall–Kier alpha value is -0.823. The van der Waals surface area contributed by atoms with Crippen LogP contribution in [-0.4, -0.2) is 46.2 Å². The van der Waals surface area contributed by atoms with Crippen LogP contribution in [0.2, 0.25) is 19.6 Å². The van der Waals surface area contributed by atoms with Crippen molar-refractivity contribution in [3.8, 4) is 0 Å². The van der Waals surface area contributed by atoms with E-state index >= 15 is 0 Å². The number of hydrogen-bond acceptors (Lipinski definition) is 2. The van der Waals surface area contributed by atoms with Gasteiger partial charge in [-0.15, -0.1) is 0 Å². The molecule has 2 aromatic rings. The van der Waals surface area contributed by atoms with Crippen LogP contribution in [0.3, 0.4) is 0 Å². The molecule has 0 aliphatic rings. The van der Waals surface area contributed by atoms with E-state index in [1.807, 2.05) is 0 Å². The molecule has 0 atom stereocenters. The Morgan fingerprint density at radius 2 is 1.00 bits per heavy atom. The number of benzene rings is 2. The summed E-state index contributed by atoms with van der Waals surface area (Å²) in [5, 5.41) is 2.99. The monoisotopic (exact) mass is 501 g/mol. The molecular formula is C28H47N2P2Si+. The fourth-order valence-corrected chi connectivity index (χ4v) is 18.2. The van der Waals surface area contributed by atoms with Crippen molar-refractivity contribution in [3.63, 3.8) is 0 Å². The van der Waals surface area contributed by atoms with Gasteiger partial charge in [0.1, 0.15) is 23.3 Å². The van der Waals surface area contributed by atoms with E-state index in [0.29, 0.717) is 24.2 Å². The Morgan fingerprint density at radius 1 is 0.636 bits per heavy atom. The fraction of sp³-hybridized carbons (Fsp3) is 0.536. The van der Waals surface area contributed by atoms with Gasteiger partial charge in [-0.3, -0.25) is 0 Å². The van der Waals surface area contributed by atoms with E-state index in [1.54, 1.807) is 4.66 Å². The highest BCUT2D eigenvalue weighted by molar-refractivity contribution is 8.11. The van der Waals surface area contributed by atoms with Crippen LogP contribution >= 0.6 is 15.8 Å². The molecule has 0 fully saturated rings. The van der Waals surface area contributed by atoms with Gasteiger partial charge in [0.25, 0.3) is 0 Å². The molecule has 5 heteroatoms. The lowest BCUT2D eigenvalue weighted by Crippen LogP contribution is -2.53. The van der Waals surface area contributed by atoms with E-state index < -0.39 is 15.5 Å². The summed E-state index contributed by atoms with van der Waals surface area (Å²) in [4.78, 5) is 0. The van der Waals surface area contributed by atoms with Gasteiger partial charge in [-0.1, -0.05) is 56.0 Å². The van der Waals surface area contributed by atoms with Crippen molar-refractivity contribution < 1.29 is 0 Å². The quantitative estimate of drug-likeness (QED) is 0.243. The highest BCUT2D eigenvalue weighted by Gasteiger charge is 2.59. The van der Waals surface area contributed by atoms with Crippen molar-refractivity contribution in [3.05, 3.63) is 60.7 Å². The van der Waals surface area contributed by atoms with Crippen molar-refractivity contribution in [2.24, 2.45) is 0 Å². The van der Waals surface area contributed by atoms with E-state index in [0.717, 1.165) is 0 Å². The molecule has 0 saturated carbocycles. The van der Waals surface area contributed by atoms with Crippen LogP contribution in [-0.2, 0) is 0 Å².